The highest BCUT2D eigenvalue weighted by atomic mass is 35.5. The Hall–Kier alpha value is -0.970. The second-order valence-corrected chi connectivity index (χ2v) is 1.61. The summed E-state index contributed by atoms with van der Waals surface area (Å²) in [5, 5.41) is 7.79. The van der Waals surface area contributed by atoms with Crippen LogP contribution in [0.25, 0.3) is 0 Å². The lowest BCUT2D eigenvalue weighted by molar-refractivity contribution is -0.134. The van der Waals surface area contributed by atoms with Gasteiger partial charge in [-0.2, -0.15) is 4.39 Å². The van der Waals surface area contributed by atoms with E-state index in [1.54, 1.807) is 0 Å². The van der Waals surface area contributed by atoms with Gasteiger partial charge in [0.15, 0.2) is 5.83 Å². The molecule has 0 saturated carbocycles. The molecule has 0 spiro atoms. The topological polar surface area (TPSA) is 37.3 Å². The highest BCUT2D eigenvalue weighted by Gasteiger charge is 2.17. The number of halogens is 4. The van der Waals surface area contributed by atoms with Crippen LogP contribution in [0.2, 0.25) is 0 Å². The summed E-state index contributed by atoms with van der Waals surface area (Å²) >= 11 is 4.62. The van der Waals surface area contributed by atoms with Gasteiger partial charge in [-0.15, -0.1) is 0 Å². The largest absolute Gasteiger partial charge is 0.476 e. The summed E-state index contributed by atoms with van der Waals surface area (Å²) in [6.45, 7) is 0. The molecule has 0 fully saturated rings. The number of allylic oxidation sites excluding steroid dienone is 2. The van der Waals surface area contributed by atoms with Crippen molar-refractivity contribution in [1.29, 1.82) is 0 Å². The second kappa shape index (κ2) is 4.02. The maximum Gasteiger partial charge on any atom is 0.367 e. The van der Waals surface area contributed by atoms with E-state index < -0.39 is 23.4 Å². The Morgan fingerprint density at radius 3 is 2.00 bits per heavy atom. The minimum atomic E-state index is -2.21. The highest BCUT2D eigenvalue weighted by Crippen LogP contribution is 2.19. The fourth-order valence-corrected chi connectivity index (χ4v) is 0.342. The smallest absolute Gasteiger partial charge is 0.367 e. The third kappa shape index (κ3) is 2.63. The number of hydrogen-bond acceptors (Lipinski definition) is 1. The molecule has 0 aromatic heterocycles. The van der Waals surface area contributed by atoms with Gasteiger partial charge in [-0.05, 0) is 0 Å². The molecule has 0 unspecified atom stereocenters. The van der Waals surface area contributed by atoms with Crippen molar-refractivity contribution in [3.63, 3.8) is 0 Å². The van der Waals surface area contributed by atoms with E-state index in [0.29, 0.717) is 0 Å². The average molecular weight is 187 g/mol. The number of rotatable bonds is 2. The number of carbonyl (C=O) groups is 1. The second-order valence-electron chi connectivity index (χ2n) is 1.39. The van der Waals surface area contributed by atoms with Crippen molar-refractivity contribution >= 4 is 17.6 Å². The molecule has 0 aliphatic heterocycles. The molecule has 0 aliphatic carbocycles. The molecule has 2 nitrogen and oxygen atoms in total. The maximum absolute atomic E-state index is 12.0. The molecule has 0 aromatic carbocycles. The monoisotopic (exact) mass is 186 g/mol. The van der Waals surface area contributed by atoms with E-state index >= 15 is 0 Å². The molecule has 0 aromatic rings. The van der Waals surface area contributed by atoms with Crippen LogP contribution >= 0.6 is 11.6 Å². The summed E-state index contributed by atoms with van der Waals surface area (Å²) in [4.78, 5) is 9.65. The molecule has 0 saturated heterocycles. The van der Waals surface area contributed by atoms with Gasteiger partial charge in [0.1, 0.15) is 0 Å². The molecule has 0 atom stereocenters. The van der Waals surface area contributed by atoms with Gasteiger partial charge in [0, 0.05) is 5.54 Å². The summed E-state index contributed by atoms with van der Waals surface area (Å²) in [5.74, 6) is -8.27. The standard InChI is InChI=1S/C5H2ClF3O2/c6-1-2(7)3(8)4(9)5(10)11/h1H,(H,10,11)/b2-1-,4-3-. The van der Waals surface area contributed by atoms with Crippen LogP contribution in [0.5, 0.6) is 0 Å². The van der Waals surface area contributed by atoms with Gasteiger partial charge in [-0.3, -0.25) is 0 Å². The predicted octanol–water partition coefficient (Wildman–Crippen LogP) is 2.27. The molecular weight excluding hydrogens is 184 g/mol. The van der Waals surface area contributed by atoms with Crippen LogP contribution in [0.1, 0.15) is 0 Å². The van der Waals surface area contributed by atoms with Gasteiger partial charge < -0.3 is 5.11 Å². The molecule has 6 heteroatoms. The van der Waals surface area contributed by atoms with Crippen molar-refractivity contribution in [1.82, 2.24) is 0 Å². The van der Waals surface area contributed by atoms with Crippen molar-refractivity contribution in [3.8, 4) is 0 Å². The third-order valence-corrected chi connectivity index (χ3v) is 0.878. The molecule has 0 radical (unpaired) electrons. The zero-order valence-electron chi connectivity index (χ0n) is 4.94. The Morgan fingerprint density at radius 1 is 1.27 bits per heavy atom. The SMILES string of the molecule is O=C(O)/C(F)=C(F)\C(F)=C\Cl. The molecule has 0 aliphatic rings. The quantitative estimate of drug-likeness (QED) is 0.531. The molecule has 1 N–H and O–H groups in total. The summed E-state index contributed by atoms with van der Waals surface area (Å²) < 4.78 is 35.9. The summed E-state index contributed by atoms with van der Waals surface area (Å²) in [6, 6.07) is 0. The average Bonchev–Trinajstić information content (AvgIpc) is 2.00. The van der Waals surface area contributed by atoms with E-state index in [1.165, 1.54) is 0 Å². The summed E-state index contributed by atoms with van der Waals surface area (Å²) in [5.41, 5.74) is 0.0951. The molecular formula is C5H2ClF3O2. The first-order chi connectivity index (χ1) is 5.00. The third-order valence-electron chi connectivity index (χ3n) is 0.686. The van der Waals surface area contributed by atoms with Crippen molar-refractivity contribution in [2.75, 3.05) is 0 Å². The minimum Gasteiger partial charge on any atom is -0.476 e. The molecule has 0 heterocycles. The van der Waals surface area contributed by atoms with E-state index in [1.807, 2.05) is 0 Å². The van der Waals surface area contributed by atoms with Crippen LogP contribution < -0.4 is 0 Å². The van der Waals surface area contributed by atoms with Crippen molar-refractivity contribution in [2.45, 2.75) is 0 Å². The van der Waals surface area contributed by atoms with Crippen LogP contribution in [0.15, 0.2) is 23.0 Å². The van der Waals surface area contributed by atoms with Gasteiger partial charge in [-0.1, -0.05) is 11.6 Å². The number of hydrogen-bond donors (Lipinski definition) is 1. The number of carboxylic acids is 1. The Kier molecular flexibility index (Phi) is 3.67. The Bertz CT molecular complexity index is 234. The normalized spacial score (nSPS) is 14.4. The Labute approximate surface area is 64.6 Å². The van der Waals surface area contributed by atoms with Crippen molar-refractivity contribution < 1.29 is 23.1 Å². The molecule has 0 rings (SSSR count). The van der Waals surface area contributed by atoms with Gasteiger partial charge >= 0.3 is 5.97 Å². The van der Waals surface area contributed by atoms with Gasteiger partial charge in [-0.25, -0.2) is 13.6 Å². The fraction of sp³-hybridized carbons (Fsp3) is 0. The zero-order valence-corrected chi connectivity index (χ0v) is 5.70. The van der Waals surface area contributed by atoms with Crippen LogP contribution in [0.4, 0.5) is 13.2 Å². The molecule has 0 amide bonds. The van der Waals surface area contributed by atoms with E-state index in [9.17, 15) is 18.0 Å². The van der Waals surface area contributed by atoms with Crippen LogP contribution in [0, 0.1) is 0 Å². The van der Waals surface area contributed by atoms with Gasteiger partial charge in [0.2, 0.25) is 11.7 Å². The van der Waals surface area contributed by atoms with Crippen molar-refractivity contribution in [3.05, 3.63) is 23.0 Å². The summed E-state index contributed by atoms with van der Waals surface area (Å²) in [6.07, 6.45) is 0. The van der Waals surface area contributed by atoms with E-state index in [2.05, 4.69) is 11.6 Å². The first-order valence-electron chi connectivity index (χ1n) is 2.25. The highest BCUT2D eigenvalue weighted by molar-refractivity contribution is 6.25. The molecule has 62 valence electrons. The molecule has 0 bridgehead atoms. The first kappa shape index (κ1) is 10.0. The summed E-state index contributed by atoms with van der Waals surface area (Å²) in [7, 11) is 0. The number of carboxylic acid groups (broad SMARTS) is 1. The van der Waals surface area contributed by atoms with E-state index in [0.717, 1.165) is 0 Å². The van der Waals surface area contributed by atoms with Gasteiger partial charge in [0.25, 0.3) is 0 Å². The fourth-order valence-electron chi connectivity index (χ4n) is 0.247. The van der Waals surface area contributed by atoms with Gasteiger partial charge in [0.05, 0.1) is 0 Å². The van der Waals surface area contributed by atoms with E-state index in [-0.39, 0.29) is 5.54 Å². The Balaban J connectivity index is 4.81. The lowest BCUT2D eigenvalue weighted by Crippen LogP contribution is -1.97. The van der Waals surface area contributed by atoms with Crippen LogP contribution in [-0.2, 0) is 4.79 Å². The first-order valence-corrected chi connectivity index (χ1v) is 2.69. The minimum absolute atomic E-state index is 0.0951. The predicted molar refractivity (Wildman–Crippen MR) is 31.9 cm³/mol. The Morgan fingerprint density at radius 2 is 1.73 bits per heavy atom. The maximum atomic E-state index is 12.0. The number of aliphatic carboxylic acids is 1. The lowest BCUT2D eigenvalue weighted by atomic mass is 10.4. The van der Waals surface area contributed by atoms with Crippen LogP contribution in [-0.4, -0.2) is 11.1 Å². The molecule has 11 heavy (non-hydrogen) atoms. The van der Waals surface area contributed by atoms with E-state index in [4.69, 9.17) is 5.11 Å². The van der Waals surface area contributed by atoms with Crippen molar-refractivity contribution in [2.24, 2.45) is 0 Å². The van der Waals surface area contributed by atoms with Crippen LogP contribution in [0.3, 0.4) is 0 Å². The lowest BCUT2D eigenvalue weighted by Gasteiger charge is -1.90. The zero-order chi connectivity index (χ0) is 9.02.